The molecule has 96 valence electrons. The standard InChI is InChI=1S/C11H15N5OS/c1-3-5-12-9(17)8(2)18-11-14-10-13-6-4-7-16(10)15-11/h4,6-8H,3,5H2,1-2H3,(H,12,17). The number of thioether (sulfide) groups is 1. The third-order valence-electron chi connectivity index (χ3n) is 2.30. The first kappa shape index (κ1) is 12.8. The molecule has 0 saturated carbocycles. The van der Waals surface area contributed by atoms with Crippen molar-refractivity contribution >= 4 is 23.4 Å². The summed E-state index contributed by atoms with van der Waals surface area (Å²) in [5.74, 6) is 0.551. The van der Waals surface area contributed by atoms with Crippen molar-refractivity contribution in [1.82, 2.24) is 24.9 Å². The number of carbonyl (C=O) groups excluding carboxylic acids is 1. The quantitative estimate of drug-likeness (QED) is 0.820. The van der Waals surface area contributed by atoms with E-state index < -0.39 is 0 Å². The molecule has 0 bridgehead atoms. The summed E-state index contributed by atoms with van der Waals surface area (Å²) in [5.41, 5.74) is 0. The summed E-state index contributed by atoms with van der Waals surface area (Å²) < 4.78 is 1.60. The lowest BCUT2D eigenvalue weighted by Gasteiger charge is -2.08. The van der Waals surface area contributed by atoms with Crippen molar-refractivity contribution in [3.8, 4) is 0 Å². The van der Waals surface area contributed by atoms with Gasteiger partial charge in [-0.1, -0.05) is 18.7 Å². The fourth-order valence-corrected chi connectivity index (χ4v) is 2.14. The molecule has 0 aliphatic rings. The summed E-state index contributed by atoms with van der Waals surface area (Å²) in [6, 6.07) is 1.79. The van der Waals surface area contributed by atoms with Crippen LogP contribution in [0.3, 0.4) is 0 Å². The van der Waals surface area contributed by atoms with Gasteiger partial charge in [0.2, 0.25) is 11.1 Å². The van der Waals surface area contributed by atoms with Gasteiger partial charge in [-0.15, -0.1) is 5.10 Å². The van der Waals surface area contributed by atoms with E-state index in [1.54, 1.807) is 23.0 Å². The van der Waals surface area contributed by atoms with Crippen LogP contribution in [0.1, 0.15) is 20.3 Å². The molecule has 2 rings (SSSR count). The second-order valence-corrected chi connectivity index (χ2v) is 5.12. The summed E-state index contributed by atoms with van der Waals surface area (Å²) in [7, 11) is 0. The second kappa shape index (κ2) is 5.81. The molecular formula is C11H15N5OS. The fourth-order valence-electron chi connectivity index (χ4n) is 1.37. The minimum absolute atomic E-state index is 0.00802. The lowest BCUT2D eigenvalue weighted by Crippen LogP contribution is -2.31. The smallest absolute Gasteiger partial charge is 0.253 e. The zero-order valence-electron chi connectivity index (χ0n) is 10.3. The molecule has 6 nitrogen and oxygen atoms in total. The van der Waals surface area contributed by atoms with Gasteiger partial charge in [-0.25, -0.2) is 9.50 Å². The van der Waals surface area contributed by atoms with Crippen LogP contribution in [0.25, 0.3) is 5.78 Å². The summed E-state index contributed by atoms with van der Waals surface area (Å²) >= 11 is 1.33. The number of hydrogen-bond donors (Lipinski definition) is 1. The van der Waals surface area contributed by atoms with Gasteiger partial charge in [-0.05, 0) is 19.4 Å². The van der Waals surface area contributed by atoms with Crippen LogP contribution in [0.2, 0.25) is 0 Å². The van der Waals surface area contributed by atoms with Gasteiger partial charge < -0.3 is 5.32 Å². The molecule has 0 saturated heterocycles. The third-order valence-corrected chi connectivity index (χ3v) is 3.25. The predicted octanol–water partition coefficient (Wildman–Crippen LogP) is 1.13. The monoisotopic (exact) mass is 265 g/mol. The molecule has 2 aromatic rings. The van der Waals surface area contributed by atoms with E-state index in [-0.39, 0.29) is 11.2 Å². The van der Waals surface area contributed by atoms with Crippen LogP contribution in [0.5, 0.6) is 0 Å². The first-order valence-electron chi connectivity index (χ1n) is 5.82. The van der Waals surface area contributed by atoms with E-state index >= 15 is 0 Å². The number of hydrogen-bond acceptors (Lipinski definition) is 5. The van der Waals surface area contributed by atoms with Crippen molar-refractivity contribution in [2.45, 2.75) is 30.7 Å². The van der Waals surface area contributed by atoms with Crippen LogP contribution in [0, 0.1) is 0 Å². The zero-order valence-corrected chi connectivity index (χ0v) is 11.1. The van der Waals surface area contributed by atoms with E-state index in [4.69, 9.17) is 0 Å². The maximum atomic E-state index is 11.7. The average molecular weight is 265 g/mol. The maximum Gasteiger partial charge on any atom is 0.253 e. The molecule has 0 aliphatic carbocycles. The Morgan fingerprint density at radius 2 is 2.44 bits per heavy atom. The van der Waals surface area contributed by atoms with Gasteiger partial charge in [0.25, 0.3) is 5.78 Å². The first-order chi connectivity index (χ1) is 8.70. The van der Waals surface area contributed by atoms with E-state index in [9.17, 15) is 4.79 Å². The summed E-state index contributed by atoms with van der Waals surface area (Å²) in [6.07, 6.45) is 4.37. The Labute approximate surface area is 109 Å². The number of nitrogens with one attached hydrogen (secondary N) is 1. The molecule has 1 amide bonds. The first-order valence-corrected chi connectivity index (χ1v) is 6.70. The van der Waals surface area contributed by atoms with Gasteiger partial charge in [0, 0.05) is 18.9 Å². The summed E-state index contributed by atoms with van der Waals surface area (Å²) in [4.78, 5) is 20.0. The number of amides is 1. The van der Waals surface area contributed by atoms with Gasteiger partial charge in [-0.3, -0.25) is 4.79 Å². The molecule has 0 spiro atoms. The highest BCUT2D eigenvalue weighted by Crippen LogP contribution is 2.19. The number of fused-ring (bicyclic) bond motifs is 1. The molecule has 1 unspecified atom stereocenters. The minimum atomic E-state index is -0.214. The molecule has 18 heavy (non-hydrogen) atoms. The van der Waals surface area contributed by atoms with E-state index in [0.717, 1.165) is 6.42 Å². The normalized spacial score (nSPS) is 12.6. The van der Waals surface area contributed by atoms with Crippen LogP contribution in [0.15, 0.2) is 23.6 Å². The summed E-state index contributed by atoms with van der Waals surface area (Å²) in [5, 5.41) is 7.44. The van der Waals surface area contributed by atoms with E-state index in [2.05, 4.69) is 20.4 Å². The van der Waals surface area contributed by atoms with E-state index in [1.807, 2.05) is 13.8 Å². The molecule has 1 N–H and O–H groups in total. The SMILES string of the molecule is CCCNC(=O)C(C)Sc1nc2ncccn2n1. The Morgan fingerprint density at radius 1 is 1.61 bits per heavy atom. The molecule has 2 heterocycles. The summed E-state index contributed by atoms with van der Waals surface area (Å²) in [6.45, 7) is 4.56. The lowest BCUT2D eigenvalue weighted by molar-refractivity contribution is -0.120. The molecule has 0 fully saturated rings. The molecular weight excluding hydrogens is 250 g/mol. The number of carbonyl (C=O) groups is 1. The van der Waals surface area contributed by atoms with Crippen LogP contribution in [-0.2, 0) is 4.79 Å². The van der Waals surface area contributed by atoms with Crippen molar-refractivity contribution in [2.24, 2.45) is 0 Å². The predicted molar refractivity (Wildman–Crippen MR) is 69.4 cm³/mol. The third kappa shape index (κ3) is 2.98. The maximum absolute atomic E-state index is 11.7. The van der Waals surface area contributed by atoms with Crippen molar-refractivity contribution in [1.29, 1.82) is 0 Å². The highest BCUT2D eigenvalue weighted by molar-refractivity contribution is 8.00. The van der Waals surface area contributed by atoms with Gasteiger partial charge in [-0.2, -0.15) is 4.98 Å². The Hall–Kier alpha value is -1.63. The highest BCUT2D eigenvalue weighted by Gasteiger charge is 2.16. The second-order valence-electron chi connectivity index (χ2n) is 3.81. The van der Waals surface area contributed by atoms with Gasteiger partial charge in [0.1, 0.15) is 0 Å². The van der Waals surface area contributed by atoms with Crippen molar-refractivity contribution in [3.05, 3.63) is 18.5 Å². The minimum Gasteiger partial charge on any atom is -0.355 e. The van der Waals surface area contributed by atoms with Crippen molar-refractivity contribution in [3.63, 3.8) is 0 Å². The van der Waals surface area contributed by atoms with E-state index in [1.165, 1.54) is 11.8 Å². The number of nitrogens with zero attached hydrogens (tertiary/aromatic N) is 4. The Balaban J connectivity index is 2.02. The average Bonchev–Trinajstić information content (AvgIpc) is 2.77. The van der Waals surface area contributed by atoms with E-state index in [0.29, 0.717) is 17.5 Å². The molecule has 0 radical (unpaired) electrons. The topological polar surface area (TPSA) is 72.2 Å². The highest BCUT2D eigenvalue weighted by atomic mass is 32.2. The largest absolute Gasteiger partial charge is 0.355 e. The zero-order chi connectivity index (χ0) is 13.0. The Bertz CT molecular complexity index is 508. The van der Waals surface area contributed by atoms with Crippen LogP contribution < -0.4 is 5.32 Å². The van der Waals surface area contributed by atoms with Crippen LogP contribution in [0.4, 0.5) is 0 Å². The lowest BCUT2D eigenvalue weighted by atomic mass is 10.4. The van der Waals surface area contributed by atoms with Crippen molar-refractivity contribution in [2.75, 3.05) is 6.54 Å². The van der Waals surface area contributed by atoms with Crippen LogP contribution >= 0.6 is 11.8 Å². The molecule has 7 heteroatoms. The van der Waals surface area contributed by atoms with Gasteiger partial charge >= 0.3 is 0 Å². The van der Waals surface area contributed by atoms with Crippen LogP contribution in [-0.4, -0.2) is 37.3 Å². The molecule has 0 aromatic carbocycles. The molecule has 1 atom stereocenters. The Kier molecular flexibility index (Phi) is 4.14. The molecule has 2 aromatic heterocycles. The van der Waals surface area contributed by atoms with Gasteiger partial charge in [0.15, 0.2) is 0 Å². The van der Waals surface area contributed by atoms with Gasteiger partial charge in [0.05, 0.1) is 5.25 Å². The Morgan fingerprint density at radius 3 is 3.17 bits per heavy atom. The fraction of sp³-hybridized carbons (Fsp3) is 0.455. The van der Waals surface area contributed by atoms with Crippen molar-refractivity contribution < 1.29 is 4.79 Å². The number of aromatic nitrogens is 4. The molecule has 0 aliphatic heterocycles. The number of rotatable bonds is 5.